The Balaban J connectivity index is 2.65. The van der Waals surface area contributed by atoms with Crippen molar-refractivity contribution < 1.29 is 19.0 Å². The summed E-state index contributed by atoms with van der Waals surface area (Å²) in [5, 5.41) is 1.88. The second-order valence-electron chi connectivity index (χ2n) is 4.57. The number of allylic oxidation sites excluding steroid dienone is 1. The van der Waals surface area contributed by atoms with E-state index >= 15 is 0 Å². The fourth-order valence-electron chi connectivity index (χ4n) is 2.21. The van der Waals surface area contributed by atoms with Crippen LogP contribution in [0.1, 0.15) is 12.5 Å². The molecule has 0 radical (unpaired) electrons. The molecule has 0 aliphatic heterocycles. The Morgan fingerprint density at radius 1 is 1.00 bits per heavy atom. The lowest BCUT2D eigenvalue weighted by molar-refractivity contribution is -0.112. The predicted octanol–water partition coefficient (Wildman–Crippen LogP) is 3.47. The lowest BCUT2D eigenvalue weighted by Crippen LogP contribution is -1.96. The molecule has 0 aliphatic rings. The number of carbonyl (C=O) groups excluding carboxylic acids is 1. The van der Waals surface area contributed by atoms with Gasteiger partial charge in [0.1, 0.15) is 0 Å². The molecule has 2 rings (SSSR count). The van der Waals surface area contributed by atoms with Crippen LogP contribution in [0.15, 0.2) is 30.3 Å². The highest BCUT2D eigenvalue weighted by atomic mass is 16.5. The zero-order valence-electron chi connectivity index (χ0n) is 12.6. The summed E-state index contributed by atoms with van der Waals surface area (Å²) in [4.78, 5) is 11.0. The molecule has 4 heteroatoms. The van der Waals surface area contributed by atoms with Gasteiger partial charge in [-0.25, -0.2) is 0 Å². The van der Waals surface area contributed by atoms with Crippen LogP contribution in [0.25, 0.3) is 16.8 Å². The number of methoxy groups -OCH3 is 3. The van der Waals surface area contributed by atoms with Gasteiger partial charge in [0.05, 0.1) is 21.3 Å². The SMILES string of the molecule is COc1cc2cc(/C=C/C(C)=O)ccc2c(OC)c1OC. The summed E-state index contributed by atoms with van der Waals surface area (Å²) in [5.74, 6) is 1.82. The molecule has 0 fully saturated rings. The minimum absolute atomic E-state index is 0.0139. The molecule has 0 aliphatic carbocycles. The van der Waals surface area contributed by atoms with Crippen LogP contribution >= 0.6 is 0 Å². The summed E-state index contributed by atoms with van der Waals surface area (Å²) in [7, 11) is 4.76. The first kappa shape index (κ1) is 14.9. The van der Waals surface area contributed by atoms with Crippen molar-refractivity contribution in [1.82, 2.24) is 0 Å². The van der Waals surface area contributed by atoms with E-state index in [1.807, 2.05) is 24.3 Å². The van der Waals surface area contributed by atoms with Gasteiger partial charge in [-0.3, -0.25) is 4.79 Å². The fraction of sp³-hybridized carbons (Fsp3) is 0.235. The monoisotopic (exact) mass is 286 g/mol. The summed E-state index contributed by atoms with van der Waals surface area (Å²) in [6.45, 7) is 1.52. The minimum atomic E-state index is 0.0139. The molecule has 0 saturated carbocycles. The van der Waals surface area contributed by atoms with Crippen molar-refractivity contribution >= 4 is 22.6 Å². The first-order valence-electron chi connectivity index (χ1n) is 6.52. The number of carbonyl (C=O) groups is 1. The van der Waals surface area contributed by atoms with Gasteiger partial charge in [-0.05, 0) is 42.1 Å². The first-order chi connectivity index (χ1) is 10.1. The summed E-state index contributed by atoms with van der Waals surface area (Å²) < 4.78 is 16.2. The van der Waals surface area contributed by atoms with Crippen LogP contribution in [-0.4, -0.2) is 27.1 Å². The van der Waals surface area contributed by atoms with Gasteiger partial charge in [0.25, 0.3) is 0 Å². The maximum absolute atomic E-state index is 11.0. The van der Waals surface area contributed by atoms with E-state index in [-0.39, 0.29) is 5.78 Å². The summed E-state index contributed by atoms with van der Waals surface area (Å²) in [5.41, 5.74) is 0.937. The molecule has 0 atom stereocenters. The summed E-state index contributed by atoms with van der Waals surface area (Å²) in [6.07, 6.45) is 3.32. The number of fused-ring (bicyclic) bond motifs is 1. The molecular weight excluding hydrogens is 268 g/mol. The fourth-order valence-corrected chi connectivity index (χ4v) is 2.21. The molecule has 0 unspecified atom stereocenters. The molecule has 4 nitrogen and oxygen atoms in total. The molecule has 0 aromatic heterocycles. The number of benzene rings is 2. The van der Waals surface area contributed by atoms with E-state index in [1.54, 1.807) is 33.5 Å². The molecular formula is C17H18O4. The molecule has 0 saturated heterocycles. The van der Waals surface area contributed by atoms with E-state index in [0.717, 1.165) is 16.3 Å². The minimum Gasteiger partial charge on any atom is -0.493 e. The third-order valence-corrected chi connectivity index (χ3v) is 3.18. The Hall–Kier alpha value is -2.49. The summed E-state index contributed by atoms with van der Waals surface area (Å²) in [6, 6.07) is 7.73. The van der Waals surface area contributed by atoms with Crippen molar-refractivity contribution in [1.29, 1.82) is 0 Å². The van der Waals surface area contributed by atoms with Crippen molar-refractivity contribution in [2.75, 3.05) is 21.3 Å². The van der Waals surface area contributed by atoms with Crippen LogP contribution in [0.3, 0.4) is 0 Å². The normalized spacial score (nSPS) is 10.9. The lowest BCUT2D eigenvalue weighted by atomic mass is 10.0. The van der Waals surface area contributed by atoms with Crippen molar-refractivity contribution in [3.05, 3.63) is 35.9 Å². The van der Waals surface area contributed by atoms with Crippen LogP contribution in [0, 0.1) is 0 Å². The van der Waals surface area contributed by atoms with Gasteiger partial charge in [0.2, 0.25) is 5.75 Å². The zero-order chi connectivity index (χ0) is 15.4. The van der Waals surface area contributed by atoms with Gasteiger partial charge in [0, 0.05) is 5.39 Å². The van der Waals surface area contributed by atoms with Gasteiger partial charge in [-0.15, -0.1) is 0 Å². The van der Waals surface area contributed by atoms with Gasteiger partial charge < -0.3 is 14.2 Å². The Labute approximate surface area is 123 Å². The third kappa shape index (κ3) is 2.99. The number of ketones is 1. The molecule has 0 amide bonds. The standard InChI is InChI=1S/C17H18O4/c1-11(18)5-6-12-7-8-14-13(9-12)10-15(19-2)17(21-4)16(14)20-3/h5-10H,1-4H3/b6-5+. The van der Waals surface area contributed by atoms with Crippen LogP contribution in [0.5, 0.6) is 17.2 Å². The average molecular weight is 286 g/mol. The Morgan fingerprint density at radius 3 is 2.29 bits per heavy atom. The van der Waals surface area contributed by atoms with E-state index < -0.39 is 0 Å². The van der Waals surface area contributed by atoms with Gasteiger partial charge >= 0.3 is 0 Å². The molecule has 0 heterocycles. The van der Waals surface area contributed by atoms with Crippen molar-refractivity contribution in [2.45, 2.75) is 6.92 Å². The Kier molecular flexibility index (Phi) is 4.48. The average Bonchev–Trinajstić information content (AvgIpc) is 2.50. The van der Waals surface area contributed by atoms with Crippen molar-refractivity contribution in [3.8, 4) is 17.2 Å². The summed E-state index contributed by atoms with van der Waals surface area (Å²) >= 11 is 0. The van der Waals surface area contributed by atoms with Gasteiger partial charge in [-0.1, -0.05) is 12.1 Å². The molecule has 2 aromatic carbocycles. The highest BCUT2D eigenvalue weighted by Gasteiger charge is 2.15. The van der Waals surface area contributed by atoms with E-state index in [0.29, 0.717) is 17.2 Å². The van der Waals surface area contributed by atoms with E-state index in [2.05, 4.69) is 0 Å². The molecule has 0 N–H and O–H groups in total. The molecule has 21 heavy (non-hydrogen) atoms. The predicted molar refractivity (Wildman–Crippen MR) is 83.3 cm³/mol. The third-order valence-electron chi connectivity index (χ3n) is 3.18. The topological polar surface area (TPSA) is 44.8 Å². The first-order valence-corrected chi connectivity index (χ1v) is 6.52. The van der Waals surface area contributed by atoms with Gasteiger partial charge in [0.15, 0.2) is 17.3 Å². The highest BCUT2D eigenvalue weighted by Crippen LogP contribution is 2.43. The second kappa shape index (κ2) is 6.31. The lowest BCUT2D eigenvalue weighted by Gasteiger charge is -2.15. The Morgan fingerprint density at radius 2 is 1.71 bits per heavy atom. The number of rotatable bonds is 5. The number of ether oxygens (including phenoxy) is 3. The van der Waals surface area contributed by atoms with Crippen LogP contribution in [-0.2, 0) is 4.79 Å². The number of hydrogen-bond acceptors (Lipinski definition) is 4. The zero-order valence-corrected chi connectivity index (χ0v) is 12.6. The molecule has 2 aromatic rings. The highest BCUT2D eigenvalue weighted by molar-refractivity contribution is 5.96. The van der Waals surface area contributed by atoms with Crippen molar-refractivity contribution in [3.63, 3.8) is 0 Å². The Bertz CT molecular complexity index is 701. The quantitative estimate of drug-likeness (QED) is 0.789. The van der Waals surface area contributed by atoms with E-state index in [1.165, 1.54) is 6.92 Å². The molecule has 110 valence electrons. The van der Waals surface area contributed by atoms with Crippen LogP contribution in [0.2, 0.25) is 0 Å². The molecule has 0 bridgehead atoms. The maximum atomic E-state index is 11.0. The number of hydrogen-bond donors (Lipinski definition) is 0. The molecule has 0 spiro atoms. The second-order valence-corrected chi connectivity index (χ2v) is 4.57. The van der Waals surface area contributed by atoms with Crippen LogP contribution < -0.4 is 14.2 Å². The smallest absolute Gasteiger partial charge is 0.203 e. The largest absolute Gasteiger partial charge is 0.493 e. The van der Waals surface area contributed by atoms with Crippen LogP contribution in [0.4, 0.5) is 0 Å². The van der Waals surface area contributed by atoms with E-state index in [9.17, 15) is 4.79 Å². The van der Waals surface area contributed by atoms with Gasteiger partial charge in [-0.2, -0.15) is 0 Å². The van der Waals surface area contributed by atoms with E-state index in [4.69, 9.17) is 14.2 Å². The maximum Gasteiger partial charge on any atom is 0.203 e. The van der Waals surface area contributed by atoms with Crippen molar-refractivity contribution in [2.24, 2.45) is 0 Å².